The number of nitrogens with zero attached hydrogens (tertiary/aromatic N) is 2. The predicted molar refractivity (Wildman–Crippen MR) is 82.3 cm³/mol. The first-order valence-corrected chi connectivity index (χ1v) is 9.56. The van der Waals surface area contributed by atoms with Gasteiger partial charge < -0.3 is 10.0 Å². The monoisotopic (exact) mass is 320 g/mol. The minimum atomic E-state index is -3.25. The Kier molecular flexibility index (Phi) is 7.09. The van der Waals surface area contributed by atoms with Crippen molar-refractivity contribution in [1.29, 1.82) is 0 Å². The van der Waals surface area contributed by atoms with Crippen LogP contribution in [0, 0.1) is 5.92 Å². The molecule has 1 amide bonds. The second-order valence-corrected chi connectivity index (χ2v) is 7.67. The fourth-order valence-corrected chi connectivity index (χ4v) is 3.90. The summed E-state index contributed by atoms with van der Waals surface area (Å²) in [5, 5.41) is 9.20. The molecule has 7 heteroatoms. The Morgan fingerprint density at radius 1 is 1.38 bits per heavy atom. The summed E-state index contributed by atoms with van der Waals surface area (Å²) < 4.78 is 24.7. The topological polar surface area (TPSA) is 77.9 Å². The highest BCUT2D eigenvalue weighted by atomic mass is 32.2. The smallest absolute Gasteiger partial charge is 0.227 e. The van der Waals surface area contributed by atoms with Gasteiger partial charge in [-0.05, 0) is 25.7 Å². The number of hydrogen-bond acceptors (Lipinski definition) is 4. The number of piperidine rings is 1. The van der Waals surface area contributed by atoms with Gasteiger partial charge in [0.25, 0.3) is 0 Å². The molecule has 1 aliphatic rings. The van der Waals surface area contributed by atoms with E-state index < -0.39 is 10.0 Å². The molecular formula is C14H28N2O4S. The highest BCUT2D eigenvalue weighted by Crippen LogP contribution is 2.22. The molecule has 0 aromatic rings. The second-order valence-electron chi connectivity index (χ2n) is 5.69. The van der Waals surface area contributed by atoms with Crippen molar-refractivity contribution >= 4 is 15.9 Å². The fourth-order valence-electron chi connectivity index (χ4n) is 2.99. The molecular weight excluding hydrogens is 292 g/mol. The van der Waals surface area contributed by atoms with Crippen molar-refractivity contribution in [3.8, 4) is 0 Å². The number of hydrogen-bond donors (Lipinski definition) is 1. The summed E-state index contributed by atoms with van der Waals surface area (Å²) >= 11 is 0. The molecule has 6 nitrogen and oxygen atoms in total. The Morgan fingerprint density at radius 2 is 2.00 bits per heavy atom. The first-order chi connectivity index (χ1) is 9.85. The number of sulfonamides is 1. The van der Waals surface area contributed by atoms with Gasteiger partial charge in [-0.2, -0.15) is 0 Å². The molecule has 1 heterocycles. The Bertz CT molecular complexity index is 434. The molecule has 1 N–H and O–H groups in total. The molecule has 1 unspecified atom stereocenters. The standard InChI is InChI=1S/C14H28N2O4S/c1-4-13(5-2)16(9-10-17)14(18)12-7-6-8-15(11-12)21(3,19)20/h12-13,17H,4-11H2,1-3H3. The molecule has 0 spiro atoms. The number of amides is 1. The summed E-state index contributed by atoms with van der Waals surface area (Å²) in [6, 6.07) is 0.110. The zero-order valence-corrected chi connectivity index (χ0v) is 14.1. The van der Waals surface area contributed by atoms with E-state index in [0.29, 0.717) is 25.9 Å². The van der Waals surface area contributed by atoms with Crippen LogP contribution >= 0.6 is 0 Å². The van der Waals surface area contributed by atoms with Gasteiger partial charge in [-0.1, -0.05) is 13.8 Å². The summed E-state index contributed by atoms with van der Waals surface area (Å²) in [7, 11) is -3.25. The summed E-state index contributed by atoms with van der Waals surface area (Å²) in [6.45, 7) is 5.06. The Hall–Kier alpha value is -0.660. The lowest BCUT2D eigenvalue weighted by molar-refractivity contribution is -0.140. The second kappa shape index (κ2) is 8.10. The van der Waals surface area contributed by atoms with Crippen LogP contribution in [0.1, 0.15) is 39.5 Å². The molecule has 0 aromatic carbocycles. The first-order valence-electron chi connectivity index (χ1n) is 7.71. The van der Waals surface area contributed by atoms with E-state index in [1.807, 2.05) is 13.8 Å². The van der Waals surface area contributed by atoms with Crippen LogP contribution in [0.2, 0.25) is 0 Å². The van der Waals surface area contributed by atoms with Crippen molar-refractivity contribution in [3.05, 3.63) is 0 Å². The van der Waals surface area contributed by atoms with E-state index in [2.05, 4.69) is 0 Å². The maximum absolute atomic E-state index is 12.7. The molecule has 21 heavy (non-hydrogen) atoms. The van der Waals surface area contributed by atoms with E-state index in [0.717, 1.165) is 12.8 Å². The minimum Gasteiger partial charge on any atom is -0.395 e. The van der Waals surface area contributed by atoms with Crippen LogP contribution in [-0.4, -0.2) is 67.2 Å². The third-order valence-corrected chi connectivity index (χ3v) is 5.48. The van der Waals surface area contributed by atoms with Crippen molar-refractivity contribution in [3.63, 3.8) is 0 Å². The number of aliphatic hydroxyl groups excluding tert-OH is 1. The zero-order chi connectivity index (χ0) is 16.0. The average molecular weight is 320 g/mol. The fraction of sp³-hybridized carbons (Fsp3) is 0.929. The summed E-state index contributed by atoms with van der Waals surface area (Å²) in [5.74, 6) is -0.313. The molecule has 0 aliphatic carbocycles. The first kappa shape index (κ1) is 18.4. The maximum Gasteiger partial charge on any atom is 0.227 e. The largest absolute Gasteiger partial charge is 0.395 e. The molecule has 1 fully saturated rings. The quantitative estimate of drug-likeness (QED) is 0.748. The van der Waals surface area contributed by atoms with Crippen LogP contribution in [0.5, 0.6) is 0 Å². The van der Waals surface area contributed by atoms with Crippen molar-refractivity contribution in [2.24, 2.45) is 5.92 Å². The van der Waals surface area contributed by atoms with Gasteiger partial charge in [0.1, 0.15) is 0 Å². The summed E-state index contributed by atoms with van der Waals surface area (Å²) in [4.78, 5) is 14.4. The third kappa shape index (κ3) is 4.93. The Morgan fingerprint density at radius 3 is 2.48 bits per heavy atom. The normalized spacial score (nSPS) is 20.7. The van der Waals surface area contributed by atoms with Crippen molar-refractivity contribution in [2.75, 3.05) is 32.5 Å². The summed E-state index contributed by atoms with van der Waals surface area (Å²) in [6.07, 6.45) is 4.29. The van der Waals surface area contributed by atoms with Crippen LogP contribution < -0.4 is 0 Å². The summed E-state index contributed by atoms with van der Waals surface area (Å²) in [5.41, 5.74) is 0. The van der Waals surface area contributed by atoms with Gasteiger partial charge in [-0.15, -0.1) is 0 Å². The molecule has 0 saturated carbocycles. The van der Waals surface area contributed by atoms with Crippen molar-refractivity contribution in [2.45, 2.75) is 45.6 Å². The van der Waals surface area contributed by atoms with Crippen molar-refractivity contribution in [1.82, 2.24) is 9.21 Å². The van der Waals surface area contributed by atoms with E-state index in [-0.39, 0.29) is 31.0 Å². The highest BCUT2D eigenvalue weighted by Gasteiger charge is 2.34. The zero-order valence-electron chi connectivity index (χ0n) is 13.3. The van der Waals surface area contributed by atoms with Gasteiger partial charge >= 0.3 is 0 Å². The van der Waals surface area contributed by atoms with E-state index in [1.54, 1.807) is 4.90 Å². The highest BCUT2D eigenvalue weighted by molar-refractivity contribution is 7.88. The van der Waals surface area contributed by atoms with E-state index >= 15 is 0 Å². The predicted octanol–water partition coefficient (Wildman–Crippen LogP) is 0.668. The van der Waals surface area contributed by atoms with Gasteiger partial charge in [0.15, 0.2) is 0 Å². The van der Waals surface area contributed by atoms with E-state index in [1.165, 1.54) is 10.6 Å². The Labute approximate surface area is 128 Å². The molecule has 124 valence electrons. The van der Waals surface area contributed by atoms with Gasteiger partial charge in [0, 0.05) is 25.7 Å². The van der Waals surface area contributed by atoms with Crippen LogP contribution in [0.3, 0.4) is 0 Å². The van der Waals surface area contributed by atoms with Crippen LogP contribution in [0.15, 0.2) is 0 Å². The number of carbonyl (C=O) groups is 1. The minimum absolute atomic E-state index is 0.0221. The number of carbonyl (C=O) groups excluding carboxylic acids is 1. The van der Waals surface area contributed by atoms with E-state index in [4.69, 9.17) is 0 Å². The molecule has 1 rings (SSSR count). The lowest BCUT2D eigenvalue weighted by Crippen LogP contribution is -2.50. The molecule has 0 radical (unpaired) electrons. The van der Waals surface area contributed by atoms with Crippen LogP contribution in [0.25, 0.3) is 0 Å². The van der Waals surface area contributed by atoms with Crippen molar-refractivity contribution < 1.29 is 18.3 Å². The molecule has 0 bridgehead atoms. The van der Waals surface area contributed by atoms with E-state index in [9.17, 15) is 18.3 Å². The number of aliphatic hydroxyl groups is 1. The maximum atomic E-state index is 12.7. The van der Waals surface area contributed by atoms with Gasteiger partial charge in [0.05, 0.1) is 18.8 Å². The number of rotatable bonds is 7. The van der Waals surface area contributed by atoms with Gasteiger partial charge in [0.2, 0.25) is 15.9 Å². The van der Waals surface area contributed by atoms with Crippen LogP contribution in [-0.2, 0) is 14.8 Å². The Balaban J connectivity index is 2.83. The third-order valence-electron chi connectivity index (χ3n) is 4.21. The van der Waals surface area contributed by atoms with Gasteiger partial charge in [-0.25, -0.2) is 12.7 Å². The molecule has 1 atom stereocenters. The molecule has 0 aromatic heterocycles. The average Bonchev–Trinajstić information content (AvgIpc) is 2.46. The molecule has 1 aliphatic heterocycles. The molecule has 1 saturated heterocycles. The van der Waals surface area contributed by atoms with Crippen LogP contribution in [0.4, 0.5) is 0 Å². The lowest BCUT2D eigenvalue weighted by atomic mass is 9.96. The lowest BCUT2D eigenvalue weighted by Gasteiger charge is -2.36. The van der Waals surface area contributed by atoms with Gasteiger partial charge in [-0.3, -0.25) is 4.79 Å². The SMILES string of the molecule is CCC(CC)N(CCO)C(=O)C1CCCN(S(C)(=O)=O)C1.